The fourth-order valence-corrected chi connectivity index (χ4v) is 1.76. The van der Waals surface area contributed by atoms with Gasteiger partial charge in [-0.25, -0.2) is 4.98 Å². The van der Waals surface area contributed by atoms with Gasteiger partial charge in [0.25, 0.3) is 5.69 Å². The van der Waals surface area contributed by atoms with E-state index in [1.807, 2.05) is 6.07 Å². The molecule has 2 N–H and O–H groups in total. The Labute approximate surface area is 121 Å². The second kappa shape index (κ2) is 6.65. The lowest BCUT2D eigenvalue weighted by molar-refractivity contribution is -0.385. The Hall–Kier alpha value is -2.69. The number of nitriles is 1. The van der Waals surface area contributed by atoms with E-state index in [4.69, 9.17) is 5.26 Å². The normalized spacial score (nSPS) is 13.3. The van der Waals surface area contributed by atoms with Crippen LogP contribution in [-0.2, 0) is 4.79 Å². The lowest BCUT2D eigenvalue weighted by Gasteiger charge is -2.07. The first kappa shape index (κ1) is 14.7. The van der Waals surface area contributed by atoms with Crippen molar-refractivity contribution in [2.45, 2.75) is 31.7 Å². The smallest absolute Gasteiger partial charge is 0.289 e. The third kappa shape index (κ3) is 4.42. The monoisotopic (exact) mass is 289 g/mol. The van der Waals surface area contributed by atoms with Gasteiger partial charge >= 0.3 is 0 Å². The Bertz CT molecular complexity index is 592. The van der Waals surface area contributed by atoms with Crippen molar-refractivity contribution >= 4 is 17.4 Å². The number of nitro groups is 1. The van der Waals surface area contributed by atoms with E-state index in [9.17, 15) is 14.9 Å². The number of nitrogens with one attached hydrogen (secondary N) is 2. The number of amides is 1. The average molecular weight is 289 g/mol. The quantitative estimate of drug-likeness (QED) is 0.443. The summed E-state index contributed by atoms with van der Waals surface area (Å²) in [5.74, 6) is 0.321. The minimum atomic E-state index is -0.597. The van der Waals surface area contributed by atoms with Crippen molar-refractivity contribution in [2.75, 3.05) is 11.9 Å². The zero-order valence-electron chi connectivity index (χ0n) is 11.3. The van der Waals surface area contributed by atoms with Crippen molar-refractivity contribution < 1.29 is 9.72 Å². The molecule has 1 aliphatic rings. The van der Waals surface area contributed by atoms with Crippen LogP contribution in [0.1, 0.15) is 31.2 Å². The number of nitrogens with zero attached hydrogens (tertiary/aromatic N) is 3. The highest BCUT2D eigenvalue weighted by Gasteiger charge is 2.22. The van der Waals surface area contributed by atoms with Crippen LogP contribution in [0.2, 0.25) is 0 Å². The van der Waals surface area contributed by atoms with Gasteiger partial charge in [0.15, 0.2) is 0 Å². The van der Waals surface area contributed by atoms with Gasteiger partial charge in [0.1, 0.15) is 23.6 Å². The van der Waals surface area contributed by atoms with Gasteiger partial charge in [-0.15, -0.1) is 0 Å². The highest BCUT2D eigenvalue weighted by molar-refractivity contribution is 5.76. The van der Waals surface area contributed by atoms with Crippen LogP contribution in [0, 0.1) is 21.4 Å². The molecule has 1 aromatic rings. The zero-order chi connectivity index (χ0) is 15.2. The highest BCUT2D eigenvalue weighted by atomic mass is 16.6. The van der Waals surface area contributed by atoms with E-state index in [0.29, 0.717) is 31.2 Å². The Kier molecular flexibility index (Phi) is 4.66. The van der Waals surface area contributed by atoms with Crippen molar-refractivity contribution in [1.82, 2.24) is 10.3 Å². The summed E-state index contributed by atoms with van der Waals surface area (Å²) in [5, 5.41) is 25.4. The Morgan fingerprint density at radius 2 is 2.33 bits per heavy atom. The molecule has 1 heterocycles. The fourth-order valence-electron chi connectivity index (χ4n) is 1.76. The standard InChI is InChI=1S/C13H15N5O3/c14-7-9-6-11(18(20)21)8-16-13(9)15-5-1-2-12(19)17-10-3-4-10/h6,8,10H,1-5H2,(H,15,16)(H,17,19). The van der Waals surface area contributed by atoms with Gasteiger partial charge in [0.05, 0.1) is 4.92 Å². The number of hydrogen-bond donors (Lipinski definition) is 2. The predicted octanol–water partition coefficient (Wildman–Crippen LogP) is 1.33. The molecule has 1 aromatic heterocycles. The van der Waals surface area contributed by atoms with Gasteiger partial charge in [-0.2, -0.15) is 5.26 Å². The number of rotatable bonds is 7. The number of hydrogen-bond acceptors (Lipinski definition) is 6. The summed E-state index contributed by atoms with van der Waals surface area (Å²) in [6.45, 7) is 0.470. The lowest BCUT2D eigenvalue weighted by atomic mass is 10.2. The van der Waals surface area contributed by atoms with Gasteiger partial charge in [-0.3, -0.25) is 14.9 Å². The topological polar surface area (TPSA) is 121 Å². The molecule has 1 aliphatic carbocycles. The molecular formula is C13H15N5O3. The molecular weight excluding hydrogens is 274 g/mol. The van der Waals surface area contributed by atoms with Gasteiger partial charge < -0.3 is 10.6 Å². The molecule has 1 fully saturated rings. The number of carbonyl (C=O) groups is 1. The van der Waals surface area contributed by atoms with E-state index in [1.54, 1.807) is 0 Å². The molecule has 0 bridgehead atoms. The van der Waals surface area contributed by atoms with Gasteiger partial charge in [0.2, 0.25) is 5.91 Å². The molecule has 0 spiro atoms. The third-order valence-electron chi connectivity index (χ3n) is 3.02. The first-order valence-corrected chi connectivity index (χ1v) is 6.68. The van der Waals surface area contributed by atoms with Gasteiger partial charge in [0, 0.05) is 25.1 Å². The van der Waals surface area contributed by atoms with E-state index in [2.05, 4.69) is 15.6 Å². The largest absolute Gasteiger partial charge is 0.369 e. The number of carbonyl (C=O) groups excluding carboxylic acids is 1. The molecule has 0 aromatic carbocycles. The minimum absolute atomic E-state index is 0.0245. The molecule has 0 unspecified atom stereocenters. The maximum Gasteiger partial charge on any atom is 0.289 e. The molecule has 0 aliphatic heterocycles. The number of anilines is 1. The van der Waals surface area contributed by atoms with E-state index >= 15 is 0 Å². The molecule has 8 heteroatoms. The van der Waals surface area contributed by atoms with Crippen LogP contribution in [0.5, 0.6) is 0 Å². The second-order valence-corrected chi connectivity index (χ2v) is 4.83. The molecule has 110 valence electrons. The highest BCUT2D eigenvalue weighted by Crippen LogP contribution is 2.19. The summed E-state index contributed by atoms with van der Waals surface area (Å²) in [4.78, 5) is 25.3. The first-order valence-electron chi connectivity index (χ1n) is 6.68. The summed E-state index contributed by atoms with van der Waals surface area (Å²) in [6.07, 6.45) is 4.22. The maximum absolute atomic E-state index is 11.5. The summed E-state index contributed by atoms with van der Waals surface area (Å²) < 4.78 is 0. The Morgan fingerprint density at radius 3 is 2.95 bits per heavy atom. The van der Waals surface area contributed by atoms with Crippen LogP contribution >= 0.6 is 0 Å². The lowest BCUT2D eigenvalue weighted by Crippen LogP contribution is -2.25. The summed E-state index contributed by atoms with van der Waals surface area (Å²) >= 11 is 0. The Morgan fingerprint density at radius 1 is 1.57 bits per heavy atom. The van der Waals surface area contributed by atoms with E-state index in [0.717, 1.165) is 19.0 Å². The fraction of sp³-hybridized carbons (Fsp3) is 0.462. The van der Waals surface area contributed by atoms with Crippen molar-refractivity contribution in [1.29, 1.82) is 5.26 Å². The van der Waals surface area contributed by atoms with Crippen LogP contribution in [0.3, 0.4) is 0 Å². The molecule has 1 saturated carbocycles. The predicted molar refractivity (Wildman–Crippen MR) is 74.5 cm³/mol. The minimum Gasteiger partial charge on any atom is -0.369 e. The van der Waals surface area contributed by atoms with Crippen molar-refractivity contribution in [3.63, 3.8) is 0 Å². The van der Waals surface area contributed by atoms with Crippen LogP contribution < -0.4 is 10.6 Å². The molecule has 2 rings (SSSR count). The van der Waals surface area contributed by atoms with Gasteiger partial charge in [-0.05, 0) is 19.3 Å². The Balaban J connectivity index is 1.80. The van der Waals surface area contributed by atoms with Gasteiger partial charge in [-0.1, -0.05) is 0 Å². The molecule has 1 amide bonds. The molecule has 0 atom stereocenters. The van der Waals surface area contributed by atoms with E-state index in [1.165, 1.54) is 6.07 Å². The second-order valence-electron chi connectivity index (χ2n) is 4.83. The third-order valence-corrected chi connectivity index (χ3v) is 3.02. The van der Waals surface area contributed by atoms with Crippen molar-refractivity contribution in [2.24, 2.45) is 0 Å². The molecule has 0 saturated heterocycles. The zero-order valence-corrected chi connectivity index (χ0v) is 11.3. The maximum atomic E-state index is 11.5. The summed E-state index contributed by atoms with van der Waals surface area (Å²) in [7, 11) is 0. The van der Waals surface area contributed by atoms with Crippen LogP contribution in [0.15, 0.2) is 12.3 Å². The molecule has 0 radical (unpaired) electrons. The van der Waals surface area contributed by atoms with Crippen LogP contribution in [0.4, 0.5) is 11.5 Å². The number of pyridine rings is 1. The van der Waals surface area contributed by atoms with Crippen LogP contribution in [0.25, 0.3) is 0 Å². The summed E-state index contributed by atoms with van der Waals surface area (Å²) in [5.41, 5.74) is -0.104. The van der Waals surface area contributed by atoms with Crippen LogP contribution in [-0.4, -0.2) is 28.4 Å². The average Bonchev–Trinajstić information content (AvgIpc) is 3.27. The molecule has 21 heavy (non-hydrogen) atoms. The van der Waals surface area contributed by atoms with E-state index < -0.39 is 4.92 Å². The SMILES string of the molecule is N#Cc1cc([N+](=O)[O-])cnc1NCCCC(=O)NC1CC1. The number of aromatic nitrogens is 1. The summed E-state index contributed by atoms with van der Waals surface area (Å²) in [6, 6.07) is 3.40. The van der Waals surface area contributed by atoms with Crippen molar-refractivity contribution in [3.05, 3.63) is 27.9 Å². The van der Waals surface area contributed by atoms with E-state index in [-0.39, 0.29) is 17.2 Å². The molecule has 8 nitrogen and oxygen atoms in total. The van der Waals surface area contributed by atoms with Crippen molar-refractivity contribution in [3.8, 4) is 6.07 Å². The first-order chi connectivity index (χ1) is 10.1.